The van der Waals surface area contributed by atoms with E-state index in [0.29, 0.717) is 21.9 Å². The van der Waals surface area contributed by atoms with Gasteiger partial charge in [-0.1, -0.05) is 29.8 Å². The summed E-state index contributed by atoms with van der Waals surface area (Å²) in [5.74, 6) is -0.348. The summed E-state index contributed by atoms with van der Waals surface area (Å²) in [5.41, 5.74) is 1.44. The zero-order valence-electron chi connectivity index (χ0n) is 9.68. The third-order valence-corrected chi connectivity index (χ3v) is 2.95. The van der Waals surface area contributed by atoms with E-state index in [1.54, 1.807) is 49.6 Å². The predicted octanol–water partition coefficient (Wildman–Crippen LogP) is 3.71. The molecular formula is C14H11ClO3. The molecular weight excluding hydrogens is 252 g/mol. The van der Waals surface area contributed by atoms with Gasteiger partial charge in [0.25, 0.3) is 0 Å². The second-order valence-electron chi connectivity index (χ2n) is 3.70. The van der Waals surface area contributed by atoms with Gasteiger partial charge in [0.15, 0.2) is 0 Å². The third kappa shape index (κ3) is 2.31. The number of methoxy groups -OCH3 is 1. The summed E-state index contributed by atoms with van der Waals surface area (Å²) in [6, 6.07) is 11.9. The monoisotopic (exact) mass is 262 g/mol. The Morgan fingerprint density at radius 3 is 2.56 bits per heavy atom. The largest absolute Gasteiger partial charge is 0.497 e. The molecule has 0 atom stereocenters. The zero-order valence-corrected chi connectivity index (χ0v) is 10.4. The Kier molecular flexibility index (Phi) is 3.53. The molecule has 0 spiro atoms. The van der Waals surface area contributed by atoms with Crippen LogP contribution in [-0.2, 0) is 0 Å². The van der Waals surface area contributed by atoms with Gasteiger partial charge in [-0.15, -0.1) is 0 Å². The first-order valence-electron chi connectivity index (χ1n) is 5.29. The minimum atomic E-state index is -0.982. The lowest BCUT2D eigenvalue weighted by molar-refractivity contribution is 0.0697. The maximum Gasteiger partial charge on any atom is 0.336 e. The Hall–Kier alpha value is -2.00. The summed E-state index contributed by atoms with van der Waals surface area (Å²) in [5, 5.41) is 9.66. The molecule has 2 aromatic carbocycles. The van der Waals surface area contributed by atoms with Crippen molar-refractivity contribution in [1.29, 1.82) is 0 Å². The predicted molar refractivity (Wildman–Crippen MR) is 70.4 cm³/mol. The molecule has 0 aliphatic heterocycles. The second kappa shape index (κ2) is 5.10. The van der Waals surface area contributed by atoms with Crippen molar-refractivity contribution in [1.82, 2.24) is 0 Å². The lowest BCUT2D eigenvalue weighted by Gasteiger charge is -2.09. The van der Waals surface area contributed by atoms with Gasteiger partial charge in [-0.05, 0) is 29.8 Å². The van der Waals surface area contributed by atoms with Crippen LogP contribution in [0.15, 0.2) is 42.5 Å². The van der Waals surface area contributed by atoms with Gasteiger partial charge >= 0.3 is 5.97 Å². The third-order valence-electron chi connectivity index (χ3n) is 2.62. The Balaban J connectivity index is 2.65. The molecule has 0 unspecified atom stereocenters. The van der Waals surface area contributed by atoms with Crippen LogP contribution in [0.25, 0.3) is 11.1 Å². The van der Waals surface area contributed by atoms with E-state index in [9.17, 15) is 9.90 Å². The molecule has 0 radical (unpaired) electrons. The number of ether oxygens (including phenoxy) is 1. The van der Waals surface area contributed by atoms with Crippen molar-refractivity contribution < 1.29 is 14.6 Å². The van der Waals surface area contributed by atoms with Crippen LogP contribution in [0.2, 0.25) is 5.02 Å². The molecule has 2 aromatic rings. The second-order valence-corrected chi connectivity index (χ2v) is 4.10. The molecule has 0 heterocycles. The van der Waals surface area contributed by atoms with E-state index in [4.69, 9.17) is 16.3 Å². The van der Waals surface area contributed by atoms with Crippen LogP contribution in [-0.4, -0.2) is 18.2 Å². The zero-order chi connectivity index (χ0) is 13.1. The van der Waals surface area contributed by atoms with Gasteiger partial charge in [0.2, 0.25) is 0 Å². The normalized spacial score (nSPS) is 10.1. The van der Waals surface area contributed by atoms with Gasteiger partial charge in [-0.3, -0.25) is 0 Å². The fourth-order valence-corrected chi connectivity index (χ4v) is 1.96. The summed E-state index contributed by atoms with van der Waals surface area (Å²) < 4.78 is 5.13. The topological polar surface area (TPSA) is 46.5 Å². The van der Waals surface area contributed by atoms with E-state index in [1.807, 2.05) is 0 Å². The number of hydrogen-bond acceptors (Lipinski definition) is 2. The van der Waals surface area contributed by atoms with Gasteiger partial charge in [-0.2, -0.15) is 0 Å². The molecule has 0 saturated carbocycles. The number of aromatic carboxylic acids is 1. The highest BCUT2D eigenvalue weighted by Gasteiger charge is 2.13. The van der Waals surface area contributed by atoms with Crippen LogP contribution in [0.3, 0.4) is 0 Å². The first kappa shape index (κ1) is 12.5. The van der Waals surface area contributed by atoms with Crippen molar-refractivity contribution >= 4 is 17.6 Å². The smallest absolute Gasteiger partial charge is 0.336 e. The minimum absolute atomic E-state index is 0.215. The Labute approximate surface area is 110 Å². The van der Waals surface area contributed by atoms with Gasteiger partial charge in [0, 0.05) is 10.6 Å². The fraction of sp³-hybridized carbons (Fsp3) is 0.0714. The van der Waals surface area contributed by atoms with E-state index in [0.717, 1.165) is 0 Å². The number of carboxylic acids is 1. The van der Waals surface area contributed by atoms with E-state index in [-0.39, 0.29) is 5.56 Å². The van der Waals surface area contributed by atoms with Gasteiger partial charge in [0.1, 0.15) is 5.75 Å². The van der Waals surface area contributed by atoms with Crippen LogP contribution in [0.5, 0.6) is 5.75 Å². The number of hydrogen-bond donors (Lipinski definition) is 1. The van der Waals surface area contributed by atoms with E-state index in [1.165, 1.54) is 0 Å². The SMILES string of the molecule is COc1ccc(Cl)c(-c2ccccc2C(=O)O)c1. The molecule has 0 fully saturated rings. The molecule has 0 aromatic heterocycles. The van der Waals surface area contributed by atoms with Crippen LogP contribution in [0, 0.1) is 0 Å². The summed E-state index contributed by atoms with van der Waals surface area (Å²) in [4.78, 5) is 11.2. The van der Waals surface area contributed by atoms with Crippen LogP contribution in [0.1, 0.15) is 10.4 Å². The van der Waals surface area contributed by atoms with Crippen LogP contribution < -0.4 is 4.74 Å². The molecule has 0 aliphatic carbocycles. The molecule has 0 bridgehead atoms. The minimum Gasteiger partial charge on any atom is -0.497 e. The summed E-state index contributed by atoms with van der Waals surface area (Å²) in [6.45, 7) is 0. The lowest BCUT2D eigenvalue weighted by atomic mass is 9.99. The number of carbonyl (C=O) groups is 1. The highest BCUT2D eigenvalue weighted by Crippen LogP contribution is 2.33. The highest BCUT2D eigenvalue weighted by atomic mass is 35.5. The Morgan fingerprint density at radius 1 is 1.17 bits per heavy atom. The Bertz CT molecular complexity index is 593. The molecule has 0 saturated heterocycles. The number of halogens is 1. The van der Waals surface area contributed by atoms with E-state index < -0.39 is 5.97 Å². The van der Waals surface area contributed by atoms with Crippen LogP contribution >= 0.6 is 11.6 Å². The molecule has 2 rings (SSSR count). The van der Waals surface area contributed by atoms with Crippen molar-refractivity contribution in [2.24, 2.45) is 0 Å². The molecule has 18 heavy (non-hydrogen) atoms. The maximum absolute atomic E-state index is 11.2. The van der Waals surface area contributed by atoms with Gasteiger partial charge in [0.05, 0.1) is 12.7 Å². The summed E-state index contributed by atoms with van der Waals surface area (Å²) in [6.07, 6.45) is 0. The quantitative estimate of drug-likeness (QED) is 0.917. The van der Waals surface area contributed by atoms with Crippen molar-refractivity contribution in [3.05, 3.63) is 53.1 Å². The number of benzene rings is 2. The summed E-state index contributed by atoms with van der Waals surface area (Å²) >= 11 is 6.12. The van der Waals surface area contributed by atoms with Crippen molar-refractivity contribution in [2.45, 2.75) is 0 Å². The average Bonchev–Trinajstić information content (AvgIpc) is 2.39. The highest BCUT2D eigenvalue weighted by molar-refractivity contribution is 6.33. The van der Waals surface area contributed by atoms with Crippen molar-refractivity contribution in [3.8, 4) is 16.9 Å². The standard InChI is InChI=1S/C14H11ClO3/c1-18-9-6-7-13(15)12(8-9)10-4-2-3-5-11(10)14(16)17/h2-8H,1H3,(H,16,17). The first-order valence-corrected chi connectivity index (χ1v) is 5.67. The van der Waals surface area contributed by atoms with Crippen molar-refractivity contribution in [2.75, 3.05) is 7.11 Å². The molecule has 0 aliphatic rings. The number of carboxylic acid groups (broad SMARTS) is 1. The van der Waals surface area contributed by atoms with Gasteiger partial charge in [-0.25, -0.2) is 4.79 Å². The molecule has 1 N–H and O–H groups in total. The van der Waals surface area contributed by atoms with Crippen molar-refractivity contribution in [3.63, 3.8) is 0 Å². The van der Waals surface area contributed by atoms with E-state index in [2.05, 4.69) is 0 Å². The molecule has 0 amide bonds. The average molecular weight is 263 g/mol. The molecule has 92 valence electrons. The van der Waals surface area contributed by atoms with E-state index >= 15 is 0 Å². The Morgan fingerprint density at radius 2 is 1.89 bits per heavy atom. The first-order chi connectivity index (χ1) is 8.63. The molecule has 4 heteroatoms. The number of rotatable bonds is 3. The maximum atomic E-state index is 11.2. The van der Waals surface area contributed by atoms with Gasteiger partial charge < -0.3 is 9.84 Å². The fourth-order valence-electron chi connectivity index (χ4n) is 1.74. The van der Waals surface area contributed by atoms with Crippen LogP contribution in [0.4, 0.5) is 0 Å². The summed E-state index contributed by atoms with van der Waals surface area (Å²) in [7, 11) is 1.55. The molecule has 3 nitrogen and oxygen atoms in total. The lowest BCUT2D eigenvalue weighted by Crippen LogP contribution is -1.99.